The molecule has 6 heteroatoms. The Labute approximate surface area is 114 Å². The normalized spacial score (nSPS) is 12.0. The first-order chi connectivity index (χ1) is 8.47. The van der Waals surface area contributed by atoms with Crippen molar-refractivity contribution in [1.29, 1.82) is 0 Å². The number of carbonyl (C=O) groups is 2. The summed E-state index contributed by atoms with van der Waals surface area (Å²) in [7, 11) is 0. The molecule has 0 aliphatic heterocycles. The average molecular weight is 293 g/mol. The quantitative estimate of drug-likeness (QED) is 0.474. The molecule has 0 heterocycles. The SMILES string of the molecule is CCCOC(=O)C(F)C(=O)c1ccc(Cl)cc1Cl. The van der Waals surface area contributed by atoms with Crippen LogP contribution < -0.4 is 0 Å². The third-order valence-corrected chi connectivity index (χ3v) is 2.63. The number of benzene rings is 1. The minimum atomic E-state index is -2.37. The summed E-state index contributed by atoms with van der Waals surface area (Å²) >= 11 is 11.4. The molecule has 0 saturated carbocycles. The zero-order chi connectivity index (χ0) is 13.7. The number of Topliss-reactive ketones (excluding diaryl/α,β-unsaturated/α-hetero) is 1. The summed E-state index contributed by atoms with van der Waals surface area (Å²) in [5.41, 5.74) is -0.0954. The molecular formula is C12H11Cl2FO3. The van der Waals surface area contributed by atoms with Crippen molar-refractivity contribution in [2.24, 2.45) is 0 Å². The number of halogens is 3. The van der Waals surface area contributed by atoms with Crippen LogP contribution in [0.2, 0.25) is 10.0 Å². The standard InChI is InChI=1S/C12H11Cl2FO3/c1-2-5-18-12(17)10(15)11(16)8-4-3-7(13)6-9(8)14/h3-4,6,10H,2,5H2,1H3. The van der Waals surface area contributed by atoms with Crippen molar-refractivity contribution in [1.82, 2.24) is 0 Å². The molecule has 0 aliphatic rings. The summed E-state index contributed by atoms with van der Waals surface area (Å²) < 4.78 is 18.1. The van der Waals surface area contributed by atoms with E-state index in [9.17, 15) is 14.0 Å². The largest absolute Gasteiger partial charge is 0.463 e. The van der Waals surface area contributed by atoms with Gasteiger partial charge in [0.1, 0.15) is 0 Å². The number of ether oxygens (including phenoxy) is 1. The number of carbonyl (C=O) groups excluding carboxylic acids is 2. The van der Waals surface area contributed by atoms with Gasteiger partial charge in [-0.3, -0.25) is 4.79 Å². The van der Waals surface area contributed by atoms with E-state index < -0.39 is 17.9 Å². The zero-order valence-corrected chi connectivity index (χ0v) is 11.1. The monoisotopic (exact) mass is 292 g/mol. The summed E-state index contributed by atoms with van der Waals surface area (Å²) in [5.74, 6) is -2.23. The summed E-state index contributed by atoms with van der Waals surface area (Å²) in [5, 5.41) is 0.318. The second-order valence-corrected chi connectivity index (χ2v) is 4.36. The molecule has 1 rings (SSSR count). The highest BCUT2D eigenvalue weighted by atomic mass is 35.5. The first-order valence-electron chi connectivity index (χ1n) is 5.27. The van der Waals surface area contributed by atoms with Crippen LogP contribution in [-0.2, 0) is 9.53 Å². The Bertz CT molecular complexity index is 463. The molecular weight excluding hydrogens is 282 g/mol. The van der Waals surface area contributed by atoms with Crippen LogP contribution in [0.1, 0.15) is 23.7 Å². The lowest BCUT2D eigenvalue weighted by Crippen LogP contribution is -2.28. The third-order valence-electron chi connectivity index (χ3n) is 2.08. The molecule has 0 radical (unpaired) electrons. The zero-order valence-electron chi connectivity index (χ0n) is 9.58. The van der Waals surface area contributed by atoms with Gasteiger partial charge < -0.3 is 4.74 Å². The van der Waals surface area contributed by atoms with Crippen molar-refractivity contribution in [3.05, 3.63) is 33.8 Å². The fraction of sp³-hybridized carbons (Fsp3) is 0.333. The van der Waals surface area contributed by atoms with E-state index in [1.54, 1.807) is 6.92 Å². The van der Waals surface area contributed by atoms with Gasteiger partial charge in [0.2, 0.25) is 5.78 Å². The van der Waals surface area contributed by atoms with Gasteiger partial charge in [-0.05, 0) is 24.6 Å². The van der Waals surface area contributed by atoms with E-state index in [0.29, 0.717) is 11.4 Å². The maximum absolute atomic E-state index is 13.6. The molecule has 1 aromatic carbocycles. The molecule has 18 heavy (non-hydrogen) atoms. The van der Waals surface area contributed by atoms with Gasteiger partial charge in [-0.15, -0.1) is 0 Å². The Kier molecular flexibility index (Phi) is 5.56. The van der Waals surface area contributed by atoms with Crippen LogP contribution in [0.15, 0.2) is 18.2 Å². The Morgan fingerprint density at radius 1 is 1.39 bits per heavy atom. The fourth-order valence-electron chi connectivity index (χ4n) is 1.21. The molecule has 0 saturated heterocycles. The molecule has 0 spiro atoms. The molecule has 0 bridgehead atoms. The van der Waals surface area contributed by atoms with Crippen LogP contribution in [0, 0.1) is 0 Å². The highest BCUT2D eigenvalue weighted by molar-refractivity contribution is 6.37. The van der Waals surface area contributed by atoms with Crippen LogP contribution >= 0.6 is 23.2 Å². The van der Waals surface area contributed by atoms with Crippen LogP contribution in [0.4, 0.5) is 4.39 Å². The van der Waals surface area contributed by atoms with Crippen molar-refractivity contribution in [2.45, 2.75) is 19.5 Å². The molecule has 1 unspecified atom stereocenters. The highest BCUT2D eigenvalue weighted by Gasteiger charge is 2.29. The average Bonchev–Trinajstić information content (AvgIpc) is 2.34. The number of hydrogen-bond acceptors (Lipinski definition) is 3. The number of hydrogen-bond donors (Lipinski definition) is 0. The van der Waals surface area contributed by atoms with Crippen LogP contribution in [0.5, 0.6) is 0 Å². The molecule has 1 atom stereocenters. The predicted molar refractivity (Wildman–Crippen MR) is 66.9 cm³/mol. The Morgan fingerprint density at radius 2 is 2.06 bits per heavy atom. The van der Waals surface area contributed by atoms with Crippen molar-refractivity contribution in [3.63, 3.8) is 0 Å². The molecule has 0 fully saturated rings. The van der Waals surface area contributed by atoms with E-state index in [1.807, 2.05) is 0 Å². The Hall–Kier alpha value is -1.13. The first-order valence-corrected chi connectivity index (χ1v) is 6.03. The Morgan fingerprint density at radius 3 is 2.61 bits per heavy atom. The van der Waals surface area contributed by atoms with Crippen LogP contribution in [0.25, 0.3) is 0 Å². The summed E-state index contributed by atoms with van der Waals surface area (Å²) in [4.78, 5) is 22.9. The fourth-order valence-corrected chi connectivity index (χ4v) is 1.71. The molecule has 0 aromatic heterocycles. The van der Waals surface area contributed by atoms with Gasteiger partial charge in [-0.1, -0.05) is 30.1 Å². The summed E-state index contributed by atoms with van der Waals surface area (Å²) in [6, 6.07) is 3.97. The maximum atomic E-state index is 13.6. The number of rotatable bonds is 5. The van der Waals surface area contributed by atoms with Gasteiger partial charge in [0.05, 0.1) is 11.6 Å². The maximum Gasteiger partial charge on any atom is 0.349 e. The van der Waals surface area contributed by atoms with Gasteiger partial charge >= 0.3 is 5.97 Å². The minimum Gasteiger partial charge on any atom is -0.463 e. The first kappa shape index (κ1) is 14.9. The Balaban J connectivity index is 2.83. The number of esters is 1. The topological polar surface area (TPSA) is 43.4 Å². The van der Waals surface area contributed by atoms with Crippen LogP contribution in [0.3, 0.4) is 0 Å². The summed E-state index contributed by atoms with van der Waals surface area (Å²) in [6.07, 6.45) is -1.82. The van der Waals surface area contributed by atoms with Gasteiger partial charge in [0.25, 0.3) is 6.17 Å². The van der Waals surface area contributed by atoms with E-state index in [1.165, 1.54) is 18.2 Å². The van der Waals surface area contributed by atoms with Crippen molar-refractivity contribution in [3.8, 4) is 0 Å². The third kappa shape index (κ3) is 3.68. The lowest BCUT2D eigenvalue weighted by atomic mass is 10.1. The molecule has 0 amide bonds. The van der Waals surface area contributed by atoms with E-state index in [-0.39, 0.29) is 17.2 Å². The number of alkyl halides is 1. The van der Waals surface area contributed by atoms with E-state index in [4.69, 9.17) is 23.2 Å². The summed E-state index contributed by atoms with van der Waals surface area (Å²) in [6.45, 7) is 1.83. The predicted octanol–water partition coefficient (Wildman–Crippen LogP) is 3.47. The minimum absolute atomic E-state index is 0.00144. The lowest BCUT2D eigenvalue weighted by molar-refractivity contribution is -0.147. The number of ketones is 1. The van der Waals surface area contributed by atoms with Crippen molar-refractivity contribution < 1.29 is 18.7 Å². The molecule has 0 aliphatic carbocycles. The highest BCUT2D eigenvalue weighted by Crippen LogP contribution is 2.23. The van der Waals surface area contributed by atoms with Crippen LogP contribution in [-0.4, -0.2) is 24.5 Å². The van der Waals surface area contributed by atoms with Gasteiger partial charge in [0.15, 0.2) is 0 Å². The molecule has 98 valence electrons. The van der Waals surface area contributed by atoms with Crippen molar-refractivity contribution >= 4 is 35.0 Å². The van der Waals surface area contributed by atoms with E-state index in [0.717, 1.165) is 0 Å². The van der Waals surface area contributed by atoms with E-state index in [2.05, 4.69) is 4.74 Å². The molecule has 3 nitrogen and oxygen atoms in total. The van der Waals surface area contributed by atoms with E-state index >= 15 is 0 Å². The lowest BCUT2D eigenvalue weighted by Gasteiger charge is -2.08. The molecule has 1 aromatic rings. The van der Waals surface area contributed by atoms with Crippen molar-refractivity contribution in [2.75, 3.05) is 6.61 Å². The molecule has 0 N–H and O–H groups in total. The smallest absolute Gasteiger partial charge is 0.349 e. The second kappa shape index (κ2) is 6.71. The van der Waals surface area contributed by atoms with Gasteiger partial charge in [-0.25, -0.2) is 9.18 Å². The van der Waals surface area contributed by atoms with Gasteiger partial charge in [0, 0.05) is 10.6 Å². The van der Waals surface area contributed by atoms with Gasteiger partial charge in [-0.2, -0.15) is 0 Å². The second-order valence-electron chi connectivity index (χ2n) is 3.52.